The van der Waals surface area contributed by atoms with Crippen LogP contribution in [0.5, 0.6) is 0 Å². The molecule has 4 heterocycles. The minimum atomic E-state index is -0.128. The highest BCUT2D eigenvalue weighted by Crippen LogP contribution is 2.29. The van der Waals surface area contributed by atoms with Crippen LogP contribution in [0, 0.1) is 6.92 Å². The largest absolute Gasteiger partial charge is 0.445 e. The molecule has 1 unspecified atom stereocenters. The third-order valence-electron chi connectivity index (χ3n) is 4.16. The third kappa shape index (κ3) is 2.31. The first-order valence-electron chi connectivity index (χ1n) is 7.49. The lowest BCUT2D eigenvalue weighted by molar-refractivity contribution is 0.0717. The molecular formula is C15H17N3O4. The van der Waals surface area contributed by atoms with Crippen molar-refractivity contribution < 1.29 is 18.5 Å². The van der Waals surface area contributed by atoms with Crippen molar-refractivity contribution in [2.45, 2.75) is 32.2 Å². The van der Waals surface area contributed by atoms with E-state index < -0.39 is 0 Å². The zero-order valence-electron chi connectivity index (χ0n) is 12.4. The number of hydrogen-bond donors (Lipinski definition) is 0. The van der Waals surface area contributed by atoms with Crippen molar-refractivity contribution in [3.8, 4) is 0 Å². The maximum absolute atomic E-state index is 12.4. The summed E-state index contributed by atoms with van der Waals surface area (Å²) >= 11 is 0. The molecule has 2 aliphatic rings. The molecule has 0 bridgehead atoms. The molecule has 1 fully saturated rings. The molecule has 22 heavy (non-hydrogen) atoms. The number of aromatic nitrogens is 2. The van der Waals surface area contributed by atoms with Crippen molar-refractivity contribution in [2.75, 3.05) is 19.8 Å². The van der Waals surface area contributed by atoms with Gasteiger partial charge in [-0.05, 0) is 13.3 Å². The van der Waals surface area contributed by atoms with Crippen molar-refractivity contribution in [3.05, 3.63) is 34.9 Å². The minimum Gasteiger partial charge on any atom is -0.445 e. The number of ether oxygens (including phenoxy) is 1. The van der Waals surface area contributed by atoms with Crippen LogP contribution in [0.1, 0.15) is 45.9 Å². The van der Waals surface area contributed by atoms with Crippen molar-refractivity contribution in [2.24, 2.45) is 0 Å². The zero-order chi connectivity index (χ0) is 15.1. The molecule has 2 aliphatic heterocycles. The first-order chi connectivity index (χ1) is 10.7. The van der Waals surface area contributed by atoms with Gasteiger partial charge in [0.05, 0.1) is 19.1 Å². The Balaban J connectivity index is 1.52. The van der Waals surface area contributed by atoms with Crippen LogP contribution < -0.4 is 0 Å². The first kappa shape index (κ1) is 13.5. The summed E-state index contributed by atoms with van der Waals surface area (Å²) in [5.74, 6) is 2.38. The van der Waals surface area contributed by atoms with Gasteiger partial charge in [0, 0.05) is 25.6 Å². The maximum Gasteiger partial charge on any atom is 0.276 e. The molecule has 116 valence electrons. The maximum atomic E-state index is 12.4. The van der Waals surface area contributed by atoms with E-state index in [0.717, 1.165) is 30.4 Å². The normalized spacial score (nSPS) is 21.1. The highest BCUT2D eigenvalue weighted by molar-refractivity contribution is 5.92. The molecule has 1 atom stereocenters. The SMILES string of the molecule is Cc1cc(C(=O)N2CCc3oc(C4CCOC4)nc3C2)no1. The Morgan fingerprint density at radius 1 is 1.45 bits per heavy atom. The van der Waals surface area contributed by atoms with Gasteiger partial charge in [-0.3, -0.25) is 4.79 Å². The number of aryl methyl sites for hydroxylation is 1. The summed E-state index contributed by atoms with van der Waals surface area (Å²) in [4.78, 5) is 18.7. The number of rotatable bonds is 2. The van der Waals surface area contributed by atoms with Crippen LogP contribution in [0.3, 0.4) is 0 Å². The molecule has 7 nitrogen and oxygen atoms in total. The second kappa shape index (κ2) is 5.24. The lowest BCUT2D eigenvalue weighted by atomic mass is 10.1. The Labute approximate surface area is 127 Å². The van der Waals surface area contributed by atoms with Gasteiger partial charge >= 0.3 is 0 Å². The summed E-state index contributed by atoms with van der Waals surface area (Å²) in [7, 11) is 0. The Hall–Kier alpha value is -2.15. The van der Waals surface area contributed by atoms with E-state index in [1.54, 1.807) is 17.9 Å². The fraction of sp³-hybridized carbons (Fsp3) is 0.533. The van der Waals surface area contributed by atoms with Gasteiger partial charge in [-0.1, -0.05) is 5.16 Å². The number of hydrogen-bond acceptors (Lipinski definition) is 6. The minimum absolute atomic E-state index is 0.128. The number of nitrogens with zero attached hydrogens (tertiary/aromatic N) is 3. The van der Waals surface area contributed by atoms with E-state index in [0.29, 0.717) is 37.6 Å². The molecule has 7 heteroatoms. The Kier molecular flexibility index (Phi) is 3.22. The lowest BCUT2D eigenvalue weighted by Gasteiger charge is -2.24. The van der Waals surface area contributed by atoms with Gasteiger partial charge < -0.3 is 18.6 Å². The summed E-state index contributed by atoms with van der Waals surface area (Å²) < 4.78 is 16.2. The van der Waals surface area contributed by atoms with Crippen LogP contribution in [-0.4, -0.2) is 40.7 Å². The van der Waals surface area contributed by atoms with E-state index in [-0.39, 0.29) is 11.8 Å². The monoisotopic (exact) mass is 303 g/mol. The number of fused-ring (bicyclic) bond motifs is 1. The Morgan fingerprint density at radius 3 is 3.09 bits per heavy atom. The molecule has 0 spiro atoms. The average Bonchev–Trinajstić information content (AvgIpc) is 3.25. The topological polar surface area (TPSA) is 81.6 Å². The molecule has 2 aromatic rings. The van der Waals surface area contributed by atoms with E-state index in [1.165, 1.54) is 0 Å². The number of carbonyl (C=O) groups is 1. The fourth-order valence-corrected chi connectivity index (χ4v) is 2.92. The molecule has 1 amide bonds. The van der Waals surface area contributed by atoms with Crippen molar-refractivity contribution in [1.82, 2.24) is 15.0 Å². The summed E-state index contributed by atoms with van der Waals surface area (Å²) in [6.07, 6.45) is 1.62. The number of oxazole rings is 1. The second-order valence-corrected chi connectivity index (χ2v) is 5.78. The van der Waals surface area contributed by atoms with Crippen LogP contribution in [0.25, 0.3) is 0 Å². The van der Waals surface area contributed by atoms with Gasteiger partial charge in [0.2, 0.25) is 0 Å². The van der Waals surface area contributed by atoms with Crippen LogP contribution in [-0.2, 0) is 17.7 Å². The molecule has 1 saturated heterocycles. The van der Waals surface area contributed by atoms with Crippen LogP contribution in [0.2, 0.25) is 0 Å². The fourth-order valence-electron chi connectivity index (χ4n) is 2.92. The average molecular weight is 303 g/mol. The standard InChI is InChI=1S/C15H17N3O4/c1-9-6-11(17-22-9)15(19)18-4-2-13-12(7-18)16-14(21-13)10-3-5-20-8-10/h6,10H,2-5,7-8H2,1H3. The van der Waals surface area contributed by atoms with Gasteiger partial charge in [0.1, 0.15) is 17.2 Å². The van der Waals surface area contributed by atoms with Crippen LogP contribution in [0.15, 0.2) is 15.0 Å². The molecule has 0 N–H and O–H groups in total. The first-order valence-corrected chi connectivity index (χ1v) is 7.49. The third-order valence-corrected chi connectivity index (χ3v) is 4.16. The van der Waals surface area contributed by atoms with Gasteiger partial charge in [-0.15, -0.1) is 0 Å². The molecule has 0 radical (unpaired) electrons. The summed E-state index contributed by atoms with van der Waals surface area (Å²) in [6, 6.07) is 1.65. The lowest BCUT2D eigenvalue weighted by Crippen LogP contribution is -2.36. The van der Waals surface area contributed by atoms with Gasteiger partial charge in [0.25, 0.3) is 5.91 Å². The predicted octanol–water partition coefficient (Wildman–Crippen LogP) is 1.67. The van der Waals surface area contributed by atoms with E-state index in [1.807, 2.05) is 0 Å². The van der Waals surface area contributed by atoms with Crippen LogP contribution in [0.4, 0.5) is 0 Å². The van der Waals surface area contributed by atoms with Gasteiger partial charge in [0.15, 0.2) is 11.6 Å². The van der Waals surface area contributed by atoms with Gasteiger partial charge in [-0.2, -0.15) is 0 Å². The van der Waals surface area contributed by atoms with Crippen molar-refractivity contribution in [1.29, 1.82) is 0 Å². The Morgan fingerprint density at radius 2 is 2.36 bits per heavy atom. The quantitative estimate of drug-likeness (QED) is 0.839. The van der Waals surface area contributed by atoms with E-state index >= 15 is 0 Å². The molecular weight excluding hydrogens is 286 g/mol. The zero-order valence-corrected chi connectivity index (χ0v) is 12.4. The summed E-state index contributed by atoms with van der Waals surface area (Å²) in [6.45, 7) is 4.25. The smallest absolute Gasteiger partial charge is 0.276 e. The summed E-state index contributed by atoms with van der Waals surface area (Å²) in [5, 5.41) is 3.79. The highest BCUT2D eigenvalue weighted by Gasteiger charge is 2.30. The van der Waals surface area contributed by atoms with Crippen molar-refractivity contribution in [3.63, 3.8) is 0 Å². The summed E-state index contributed by atoms with van der Waals surface area (Å²) in [5.41, 5.74) is 1.19. The molecule has 0 aromatic carbocycles. The number of amides is 1. The van der Waals surface area contributed by atoms with E-state index in [2.05, 4.69) is 10.1 Å². The molecule has 4 rings (SSSR count). The highest BCUT2D eigenvalue weighted by atomic mass is 16.5. The van der Waals surface area contributed by atoms with Crippen molar-refractivity contribution >= 4 is 5.91 Å². The van der Waals surface area contributed by atoms with Crippen LogP contribution >= 0.6 is 0 Å². The number of carbonyl (C=O) groups excluding carboxylic acids is 1. The van der Waals surface area contributed by atoms with E-state index in [9.17, 15) is 4.79 Å². The second-order valence-electron chi connectivity index (χ2n) is 5.78. The van der Waals surface area contributed by atoms with E-state index in [4.69, 9.17) is 13.7 Å². The Bertz CT molecular complexity index is 699. The molecule has 2 aromatic heterocycles. The molecule has 0 saturated carbocycles. The van der Waals surface area contributed by atoms with Gasteiger partial charge in [-0.25, -0.2) is 4.98 Å². The molecule has 0 aliphatic carbocycles. The predicted molar refractivity (Wildman–Crippen MR) is 74.4 cm³/mol.